The fourth-order valence-corrected chi connectivity index (χ4v) is 2.42. The van der Waals surface area contributed by atoms with Gasteiger partial charge in [-0.3, -0.25) is 0 Å². The van der Waals surface area contributed by atoms with Gasteiger partial charge in [0.1, 0.15) is 11.6 Å². The monoisotopic (exact) mass is 293 g/mol. The minimum Gasteiger partial charge on any atom is -0.327 e. The van der Waals surface area contributed by atoms with Crippen LogP contribution in [0.1, 0.15) is 29.9 Å². The highest BCUT2D eigenvalue weighted by molar-refractivity contribution is 6.31. The molecule has 1 fully saturated rings. The molecule has 5 heteroatoms. The maximum absolute atomic E-state index is 13.3. The number of nitrogens with zero attached hydrogens (tertiary/aromatic N) is 2. The number of halogens is 2. The van der Waals surface area contributed by atoms with Crippen molar-refractivity contribution in [3.63, 3.8) is 0 Å². The van der Waals surface area contributed by atoms with Gasteiger partial charge >= 0.3 is 0 Å². The third-order valence-electron chi connectivity index (χ3n) is 3.62. The predicted octanol–water partition coefficient (Wildman–Crippen LogP) is 3.28. The number of hydrogen-bond acceptors (Lipinski definition) is 2. The summed E-state index contributed by atoms with van der Waals surface area (Å²) >= 11 is 6.14. The quantitative estimate of drug-likeness (QED) is 0.917. The van der Waals surface area contributed by atoms with E-state index in [1.54, 1.807) is 6.07 Å². The van der Waals surface area contributed by atoms with Gasteiger partial charge in [0.2, 0.25) is 0 Å². The van der Waals surface area contributed by atoms with Crippen LogP contribution in [0.3, 0.4) is 0 Å². The van der Waals surface area contributed by atoms with Crippen molar-refractivity contribution in [3.05, 3.63) is 52.3 Å². The Bertz CT molecular complexity index is 620. The lowest BCUT2D eigenvalue weighted by Gasteiger charge is -2.12. The van der Waals surface area contributed by atoms with Crippen LogP contribution in [0, 0.1) is 12.7 Å². The average molecular weight is 294 g/mol. The van der Waals surface area contributed by atoms with Crippen molar-refractivity contribution in [2.45, 2.75) is 38.9 Å². The van der Waals surface area contributed by atoms with Crippen LogP contribution in [0.2, 0.25) is 5.02 Å². The first-order valence-corrected chi connectivity index (χ1v) is 7.19. The Morgan fingerprint density at radius 2 is 2.25 bits per heavy atom. The highest BCUT2D eigenvalue weighted by Gasteiger charge is 2.21. The van der Waals surface area contributed by atoms with Crippen LogP contribution in [-0.4, -0.2) is 15.6 Å². The summed E-state index contributed by atoms with van der Waals surface area (Å²) in [6.45, 7) is 3.29. The summed E-state index contributed by atoms with van der Waals surface area (Å²) in [7, 11) is 0. The molecule has 20 heavy (non-hydrogen) atoms. The lowest BCUT2D eigenvalue weighted by atomic mass is 10.2. The molecule has 3 nitrogen and oxygen atoms in total. The topological polar surface area (TPSA) is 29.9 Å². The molecule has 3 rings (SSSR count). The zero-order valence-electron chi connectivity index (χ0n) is 11.4. The zero-order chi connectivity index (χ0) is 14.1. The van der Waals surface area contributed by atoms with Crippen LogP contribution < -0.4 is 5.32 Å². The summed E-state index contributed by atoms with van der Waals surface area (Å²) in [6, 6.07) is 5.11. The fraction of sp³-hybridized carbons (Fsp3) is 0.400. The van der Waals surface area contributed by atoms with Gasteiger partial charge in [0, 0.05) is 23.8 Å². The summed E-state index contributed by atoms with van der Waals surface area (Å²) in [6.07, 6.45) is 4.38. The Hall–Kier alpha value is -1.39. The van der Waals surface area contributed by atoms with Gasteiger partial charge in [-0.05, 0) is 43.5 Å². The molecule has 0 unspecified atom stereocenters. The molecule has 1 aromatic heterocycles. The molecular weight excluding hydrogens is 277 g/mol. The summed E-state index contributed by atoms with van der Waals surface area (Å²) in [4.78, 5) is 4.35. The number of aromatic nitrogens is 2. The van der Waals surface area contributed by atoms with Crippen LogP contribution in [0.5, 0.6) is 0 Å². The molecule has 0 radical (unpaired) electrons. The Morgan fingerprint density at radius 3 is 3.00 bits per heavy atom. The number of nitrogens with one attached hydrogen (secondary N) is 1. The van der Waals surface area contributed by atoms with Crippen molar-refractivity contribution in [2.75, 3.05) is 0 Å². The van der Waals surface area contributed by atoms with E-state index in [0.29, 0.717) is 17.6 Å². The second-order valence-corrected chi connectivity index (χ2v) is 5.68. The van der Waals surface area contributed by atoms with Crippen molar-refractivity contribution >= 4 is 11.6 Å². The third kappa shape index (κ3) is 3.02. The van der Waals surface area contributed by atoms with E-state index >= 15 is 0 Å². The van der Waals surface area contributed by atoms with Gasteiger partial charge in [-0.15, -0.1) is 0 Å². The maximum Gasteiger partial charge on any atom is 0.123 e. The Balaban J connectivity index is 1.81. The summed E-state index contributed by atoms with van der Waals surface area (Å²) < 4.78 is 15.4. The van der Waals surface area contributed by atoms with E-state index in [-0.39, 0.29) is 5.82 Å². The first-order chi connectivity index (χ1) is 9.63. The molecule has 2 aromatic rings. The van der Waals surface area contributed by atoms with Gasteiger partial charge in [0.25, 0.3) is 0 Å². The van der Waals surface area contributed by atoms with Crippen molar-refractivity contribution in [2.24, 2.45) is 0 Å². The smallest absolute Gasteiger partial charge is 0.123 e. The number of aryl methyl sites for hydroxylation is 1. The second-order valence-electron chi connectivity index (χ2n) is 5.27. The van der Waals surface area contributed by atoms with E-state index in [4.69, 9.17) is 11.6 Å². The van der Waals surface area contributed by atoms with E-state index in [1.165, 1.54) is 25.0 Å². The lowest BCUT2D eigenvalue weighted by Crippen LogP contribution is -2.19. The van der Waals surface area contributed by atoms with Gasteiger partial charge in [-0.2, -0.15) is 0 Å². The fourth-order valence-electron chi connectivity index (χ4n) is 2.24. The molecule has 0 saturated heterocycles. The largest absolute Gasteiger partial charge is 0.327 e. The van der Waals surface area contributed by atoms with Gasteiger partial charge in [-0.25, -0.2) is 9.37 Å². The molecule has 0 spiro atoms. The van der Waals surface area contributed by atoms with Crippen LogP contribution >= 0.6 is 11.6 Å². The lowest BCUT2D eigenvalue weighted by molar-refractivity contribution is 0.612. The maximum atomic E-state index is 13.3. The van der Waals surface area contributed by atoms with Gasteiger partial charge < -0.3 is 9.88 Å². The van der Waals surface area contributed by atoms with Crippen molar-refractivity contribution in [1.82, 2.24) is 14.9 Å². The molecule has 1 saturated carbocycles. The Kier molecular flexibility index (Phi) is 3.76. The molecule has 0 aliphatic heterocycles. The minimum atomic E-state index is -0.264. The van der Waals surface area contributed by atoms with Crippen LogP contribution in [0.4, 0.5) is 4.39 Å². The molecule has 1 aliphatic carbocycles. The number of benzene rings is 1. The van der Waals surface area contributed by atoms with Crippen LogP contribution in [0.25, 0.3) is 0 Å². The van der Waals surface area contributed by atoms with E-state index in [1.807, 2.05) is 13.1 Å². The predicted molar refractivity (Wildman–Crippen MR) is 77.3 cm³/mol. The highest BCUT2D eigenvalue weighted by Crippen LogP contribution is 2.21. The molecule has 106 valence electrons. The summed E-state index contributed by atoms with van der Waals surface area (Å²) in [5.41, 5.74) is 1.88. The van der Waals surface area contributed by atoms with E-state index in [9.17, 15) is 4.39 Å². The van der Waals surface area contributed by atoms with Crippen LogP contribution in [0.15, 0.2) is 24.4 Å². The van der Waals surface area contributed by atoms with Gasteiger partial charge in [0.05, 0.1) is 12.2 Å². The Morgan fingerprint density at radius 1 is 1.45 bits per heavy atom. The molecule has 1 aliphatic rings. The molecule has 1 heterocycles. The van der Waals surface area contributed by atoms with Crippen molar-refractivity contribution in [3.8, 4) is 0 Å². The number of rotatable bonds is 5. The van der Waals surface area contributed by atoms with E-state index < -0.39 is 0 Å². The zero-order valence-corrected chi connectivity index (χ0v) is 12.1. The molecule has 0 atom stereocenters. The highest BCUT2D eigenvalue weighted by atomic mass is 35.5. The van der Waals surface area contributed by atoms with E-state index in [2.05, 4.69) is 14.9 Å². The first kappa shape index (κ1) is 13.6. The normalized spacial score (nSPS) is 14.8. The Labute approximate surface area is 122 Å². The average Bonchev–Trinajstić information content (AvgIpc) is 3.19. The molecule has 1 N–H and O–H groups in total. The first-order valence-electron chi connectivity index (χ1n) is 6.82. The van der Waals surface area contributed by atoms with Crippen molar-refractivity contribution in [1.29, 1.82) is 0 Å². The summed E-state index contributed by atoms with van der Waals surface area (Å²) in [5.74, 6) is 0.651. The summed E-state index contributed by atoms with van der Waals surface area (Å²) in [5, 5.41) is 4.05. The van der Waals surface area contributed by atoms with E-state index in [0.717, 1.165) is 23.6 Å². The van der Waals surface area contributed by atoms with Crippen LogP contribution in [-0.2, 0) is 13.1 Å². The molecule has 1 aromatic carbocycles. The van der Waals surface area contributed by atoms with Gasteiger partial charge in [-0.1, -0.05) is 11.6 Å². The third-order valence-corrected chi connectivity index (χ3v) is 3.99. The second kappa shape index (κ2) is 5.54. The molecule has 0 bridgehead atoms. The number of hydrogen-bond donors (Lipinski definition) is 1. The SMILES string of the molecule is Cc1ncc(CNC2CC2)n1Cc1cc(F)ccc1Cl. The minimum absolute atomic E-state index is 0.264. The molecular formula is C15H17ClFN3. The van der Waals surface area contributed by atoms with Gasteiger partial charge in [0.15, 0.2) is 0 Å². The van der Waals surface area contributed by atoms with Crippen molar-refractivity contribution < 1.29 is 4.39 Å². The molecule has 0 amide bonds. The number of imidazole rings is 1. The standard InChI is InChI=1S/C15H17ClFN3/c1-10-18-7-14(8-19-13-3-4-13)20(10)9-11-6-12(17)2-5-15(11)16/h2,5-7,13,19H,3-4,8-9H2,1H3.